The van der Waals surface area contributed by atoms with Crippen molar-refractivity contribution >= 4 is 29.1 Å². The van der Waals surface area contributed by atoms with Gasteiger partial charge >= 0.3 is 11.8 Å². The van der Waals surface area contributed by atoms with Crippen LogP contribution in [0.15, 0.2) is 48.5 Å². The van der Waals surface area contributed by atoms with Crippen LogP contribution in [0.4, 0.5) is 5.69 Å². The van der Waals surface area contributed by atoms with E-state index in [1.807, 2.05) is 13.0 Å². The van der Waals surface area contributed by atoms with E-state index < -0.39 is 17.9 Å². The standard InChI is InChI=1S/C19H21ClN2O4/c1-3-26-16-11-7-6-10-15(16)22-19(24)18(23)21-12-17(25-2)13-8-4-5-9-14(13)20/h4-11,17H,3,12H2,1-2H3,(H,21,23)(H,22,24). The number of carbonyl (C=O) groups excluding carboxylic acids is 2. The minimum Gasteiger partial charge on any atom is -0.492 e. The summed E-state index contributed by atoms with van der Waals surface area (Å²) in [6.07, 6.45) is -0.462. The SMILES string of the molecule is CCOc1ccccc1NC(=O)C(=O)NCC(OC)c1ccccc1Cl. The van der Waals surface area contributed by atoms with Gasteiger partial charge in [0.1, 0.15) is 11.9 Å². The summed E-state index contributed by atoms with van der Waals surface area (Å²) in [7, 11) is 1.51. The van der Waals surface area contributed by atoms with Crippen molar-refractivity contribution in [2.75, 3.05) is 25.6 Å². The van der Waals surface area contributed by atoms with Gasteiger partial charge in [0.05, 0.1) is 12.3 Å². The van der Waals surface area contributed by atoms with E-state index >= 15 is 0 Å². The lowest BCUT2D eigenvalue weighted by Gasteiger charge is -2.17. The highest BCUT2D eigenvalue weighted by atomic mass is 35.5. The van der Waals surface area contributed by atoms with Gasteiger partial charge in [0.25, 0.3) is 0 Å². The van der Waals surface area contributed by atoms with Crippen LogP contribution in [-0.4, -0.2) is 32.1 Å². The van der Waals surface area contributed by atoms with Crippen LogP contribution in [0.2, 0.25) is 5.02 Å². The fourth-order valence-electron chi connectivity index (χ4n) is 2.35. The molecule has 2 N–H and O–H groups in total. The molecule has 2 aromatic carbocycles. The smallest absolute Gasteiger partial charge is 0.313 e. The molecule has 1 unspecified atom stereocenters. The fourth-order valence-corrected chi connectivity index (χ4v) is 2.61. The summed E-state index contributed by atoms with van der Waals surface area (Å²) < 4.78 is 10.8. The molecule has 0 aromatic heterocycles. The Balaban J connectivity index is 1.97. The highest BCUT2D eigenvalue weighted by Crippen LogP contribution is 2.25. The predicted octanol–water partition coefficient (Wildman–Crippen LogP) is 3.18. The first-order valence-corrected chi connectivity index (χ1v) is 8.52. The Labute approximate surface area is 157 Å². The largest absolute Gasteiger partial charge is 0.492 e. The van der Waals surface area contributed by atoms with E-state index in [4.69, 9.17) is 21.1 Å². The molecule has 2 aromatic rings. The topological polar surface area (TPSA) is 76.7 Å². The van der Waals surface area contributed by atoms with Crippen LogP contribution in [0.1, 0.15) is 18.6 Å². The summed E-state index contributed by atoms with van der Waals surface area (Å²) in [4.78, 5) is 24.2. The minimum atomic E-state index is -0.786. The number of anilines is 1. The molecular weight excluding hydrogens is 356 g/mol. The Morgan fingerprint density at radius 1 is 1.08 bits per heavy atom. The molecule has 0 aliphatic heterocycles. The number of halogens is 1. The molecule has 0 saturated heterocycles. The summed E-state index contributed by atoms with van der Waals surface area (Å²) in [6, 6.07) is 14.1. The number of ether oxygens (including phenoxy) is 2. The molecule has 0 heterocycles. The van der Waals surface area contributed by atoms with Crippen molar-refractivity contribution < 1.29 is 19.1 Å². The number of carbonyl (C=O) groups is 2. The average molecular weight is 377 g/mol. The molecule has 138 valence electrons. The first-order valence-electron chi connectivity index (χ1n) is 8.15. The molecule has 2 amide bonds. The third-order valence-electron chi connectivity index (χ3n) is 3.63. The molecule has 6 nitrogen and oxygen atoms in total. The molecular formula is C19H21ClN2O4. The number of hydrogen-bond donors (Lipinski definition) is 2. The van der Waals surface area contributed by atoms with Crippen LogP contribution < -0.4 is 15.4 Å². The van der Waals surface area contributed by atoms with Crippen LogP contribution in [0.3, 0.4) is 0 Å². The molecule has 0 aliphatic carbocycles. The van der Waals surface area contributed by atoms with Crippen molar-refractivity contribution in [3.63, 3.8) is 0 Å². The number of amides is 2. The molecule has 0 spiro atoms. The minimum absolute atomic E-state index is 0.111. The van der Waals surface area contributed by atoms with E-state index in [9.17, 15) is 9.59 Å². The molecule has 0 saturated carbocycles. The van der Waals surface area contributed by atoms with Crippen LogP contribution in [0.25, 0.3) is 0 Å². The molecule has 7 heteroatoms. The van der Waals surface area contributed by atoms with Gasteiger partial charge in [0, 0.05) is 24.2 Å². The third-order valence-corrected chi connectivity index (χ3v) is 3.97. The Morgan fingerprint density at radius 2 is 1.77 bits per heavy atom. The summed E-state index contributed by atoms with van der Waals surface area (Å²) in [5.41, 5.74) is 1.17. The summed E-state index contributed by atoms with van der Waals surface area (Å²) >= 11 is 6.14. The molecule has 0 aliphatic rings. The number of methoxy groups -OCH3 is 1. The third kappa shape index (κ3) is 5.21. The molecule has 0 bridgehead atoms. The van der Waals surface area contributed by atoms with Crippen molar-refractivity contribution in [2.24, 2.45) is 0 Å². The highest BCUT2D eigenvalue weighted by Gasteiger charge is 2.19. The zero-order valence-corrected chi connectivity index (χ0v) is 15.4. The predicted molar refractivity (Wildman–Crippen MR) is 100 cm³/mol. The number of benzene rings is 2. The van der Waals surface area contributed by atoms with Gasteiger partial charge in [0.2, 0.25) is 0 Å². The Hall–Kier alpha value is -2.57. The number of nitrogens with one attached hydrogen (secondary N) is 2. The van der Waals surface area contributed by atoms with Crippen LogP contribution >= 0.6 is 11.6 Å². The van der Waals surface area contributed by atoms with Crippen molar-refractivity contribution in [3.05, 3.63) is 59.1 Å². The van der Waals surface area contributed by atoms with Crippen molar-refractivity contribution in [1.82, 2.24) is 5.32 Å². The summed E-state index contributed by atoms with van der Waals surface area (Å²) in [5, 5.41) is 5.63. The fraction of sp³-hybridized carbons (Fsp3) is 0.263. The van der Waals surface area contributed by atoms with Gasteiger partial charge in [-0.25, -0.2) is 0 Å². The van der Waals surface area contributed by atoms with Gasteiger partial charge < -0.3 is 20.1 Å². The van der Waals surface area contributed by atoms with Gasteiger partial charge in [-0.15, -0.1) is 0 Å². The Kier molecular flexibility index (Phi) is 7.44. The average Bonchev–Trinajstić information content (AvgIpc) is 2.65. The maximum absolute atomic E-state index is 12.1. The molecule has 26 heavy (non-hydrogen) atoms. The second-order valence-corrected chi connectivity index (χ2v) is 5.75. The van der Waals surface area contributed by atoms with E-state index in [1.165, 1.54) is 7.11 Å². The monoisotopic (exact) mass is 376 g/mol. The first-order chi connectivity index (χ1) is 12.6. The van der Waals surface area contributed by atoms with E-state index in [0.29, 0.717) is 23.1 Å². The van der Waals surface area contributed by atoms with Gasteiger partial charge in [-0.2, -0.15) is 0 Å². The number of para-hydroxylation sites is 2. The van der Waals surface area contributed by atoms with Gasteiger partial charge in [-0.05, 0) is 25.1 Å². The lowest BCUT2D eigenvalue weighted by molar-refractivity contribution is -0.136. The zero-order valence-electron chi connectivity index (χ0n) is 14.6. The summed E-state index contributed by atoms with van der Waals surface area (Å²) in [6.45, 7) is 2.40. The number of rotatable bonds is 7. The second-order valence-electron chi connectivity index (χ2n) is 5.34. The molecule has 2 rings (SSSR count). The van der Waals surface area contributed by atoms with Gasteiger partial charge in [-0.3, -0.25) is 9.59 Å². The van der Waals surface area contributed by atoms with Crippen molar-refractivity contribution in [1.29, 1.82) is 0 Å². The van der Waals surface area contributed by atoms with Crippen LogP contribution in [-0.2, 0) is 14.3 Å². The highest BCUT2D eigenvalue weighted by molar-refractivity contribution is 6.39. The quantitative estimate of drug-likeness (QED) is 0.727. The molecule has 1 atom stereocenters. The van der Waals surface area contributed by atoms with E-state index in [1.54, 1.807) is 42.5 Å². The van der Waals surface area contributed by atoms with E-state index in [2.05, 4.69) is 10.6 Å². The van der Waals surface area contributed by atoms with E-state index in [0.717, 1.165) is 5.56 Å². The Bertz CT molecular complexity index is 767. The maximum atomic E-state index is 12.1. The zero-order chi connectivity index (χ0) is 18.9. The van der Waals surface area contributed by atoms with Crippen LogP contribution in [0.5, 0.6) is 5.75 Å². The van der Waals surface area contributed by atoms with Crippen LogP contribution in [0, 0.1) is 0 Å². The van der Waals surface area contributed by atoms with Crippen molar-refractivity contribution in [2.45, 2.75) is 13.0 Å². The normalized spacial score (nSPS) is 11.5. The maximum Gasteiger partial charge on any atom is 0.313 e. The Morgan fingerprint density at radius 3 is 2.46 bits per heavy atom. The first kappa shape index (κ1) is 19.8. The lowest BCUT2D eigenvalue weighted by Crippen LogP contribution is -2.38. The lowest BCUT2D eigenvalue weighted by atomic mass is 10.1. The summed E-state index contributed by atoms with van der Waals surface area (Å²) in [5.74, 6) is -1.06. The molecule has 0 radical (unpaired) electrons. The van der Waals surface area contributed by atoms with E-state index in [-0.39, 0.29) is 6.54 Å². The molecule has 0 fully saturated rings. The second kappa shape index (κ2) is 9.79. The van der Waals surface area contributed by atoms with Gasteiger partial charge in [-0.1, -0.05) is 41.9 Å². The number of hydrogen-bond acceptors (Lipinski definition) is 4. The van der Waals surface area contributed by atoms with Gasteiger partial charge in [0.15, 0.2) is 0 Å². The van der Waals surface area contributed by atoms with Crippen molar-refractivity contribution in [3.8, 4) is 5.75 Å².